The minimum Gasteiger partial charge on any atom is -0.478 e. The third-order valence-electron chi connectivity index (χ3n) is 2.72. The van der Waals surface area contributed by atoms with Gasteiger partial charge in [-0.2, -0.15) is 0 Å². The highest BCUT2D eigenvalue weighted by atomic mass is 35.5. The molecule has 0 aliphatic rings. The van der Waals surface area contributed by atoms with E-state index in [1.54, 1.807) is 38.1 Å². The van der Waals surface area contributed by atoms with E-state index in [0.29, 0.717) is 10.8 Å². The highest BCUT2D eigenvalue weighted by Gasteiger charge is 2.30. The van der Waals surface area contributed by atoms with Crippen LogP contribution in [0.2, 0.25) is 5.02 Å². The molecule has 0 saturated carbocycles. The quantitative estimate of drug-likeness (QED) is 0.890. The number of hydrogen-bond acceptors (Lipinski definition) is 2. The summed E-state index contributed by atoms with van der Waals surface area (Å²) < 4.78 is 5.69. The second kappa shape index (κ2) is 6.10. The maximum atomic E-state index is 12.0. The van der Waals surface area contributed by atoms with Crippen molar-refractivity contribution in [2.24, 2.45) is 0 Å². The normalized spacial score (nSPS) is 12.9. The summed E-state index contributed by atoms with van der Waals surface area (Å²) in [6.07, 6.45) is 0.892. The van der Waals surface area contributed by atoms with Crippen LogP contribution < -0.4 is 10.1 Å². The molecule has 0 fully saturated rings. The highest BCUT2D eigenvalue weighted by Crippen LogP contribution is 2.21. The van der Waals surface area contributed by atoms with Gasteiger partial charge in [-0.05, 0) is 51.5 Å². The van der Waals surface area contributed by atoms with Crippen LogP contribution >= 0.6 is 11.6 Å². The predicted molar refractivity (Wildman–Crippen MR) is 74.1 cm³/mol. The number of hydrogen-bond donors (Lipinski definition) is 1. The van der Waals surface area contributed by atoms with Gasteiger partial charge in [0.15, 0.2) is 5.60 Å². The molecule has 1 aromatic rings. The number of rotatable bonds is 5. The van der Waals surface area contributed by atoms with E-state index in [-0.39, 0.29) is 11.9 Å². The molecule has 3 nitrogen and oxygen atoms in total. The Kier molecular flexibility index (Phi) is 5.03. The predicted octanol–water partition coefficient (Wildman–Crippen LogP) is 3.41. The zero-order valence-corrected chi connectivity index (χ0v) is 12.0. The number of carbonyl (C=O) groups is 1. The molecule has 1 amide bonds. The minimum atomic E-state index is -0.905. The number of benzene rings is 1. The Balaban J connectivity index is 2.68. The zero-order chi connectivity index (χ0) is 13.8. The van der Waals surface area contributed by atoms with E-state index in [4.69, 9.17) is 16.3 Å². The summed E-state index contributed by atoms with van der Waals surface area (Å²) >= 11 is 5.80. The average molecular weight is 270 g/mol. The van der Waals surface area contributed by atoms with Crippen molar-refractivity contribution in [2.75, 3.05) is 0 Å². The maximum absolute atomic E-state index is 12.0. The maximum Gasteiger partial charge on any atom is 0.263 e. The van der Waals surface area contributed by atoms with Gasteiger partial charge in [-0.1, -0.05) is 18.5 Å². The molecule has 18 heavy (non-hydrogen) atoms. The van der Waals surface area contributed by atoms with Gasteiger partial charge in [-0.25, -0.2) is 0 Å². The molecule has 0 spiro atoms. The van der Waals surface area contributed by atoms with Gasteiger partial charge in [0.05, 0.1) is 0 Å². The molecule has 1 atom stereocenters. The van der Waals surface area contributed by atoms with Gasteiger partial charge in [-0.3, -0.25) is 4.79 Å². The summed E-state index contributed by atoms with van der Waals surface area (Å²) in [4.78, 5) is 12.0. The van der Waals surface area contributed by atoms with E-state index in [9.17, 15) is 4.79 Å². The molecule has 0 unspecified atom stereocenters. The van der Waals surface area contributed by atoms with Crippen molar-refractivity contribution in [3.63, 3.8) is 0 Å². The molecule has 0 bridgehead atoms. The lowest BCUT2D eigenvalue weighted by Crippen LogP contribution is -2.49. The molecule has 0 heterocycles. The molecule has 1 aromatic carbocycles. The van der Waals surface area contributed by atoms with Crippen LogP contribution in [-0.4, -0.2) is 17.6 Å². The first-order chi connectivity index (χ1) is 8.35. The molecular weight excluding hydrogens is 250 g/mol. The summed E-state index contributed by atoms with van der Waals surface area (Å²) in [5.41, 5.74) is -0.905. The molecule has 1 rings (SSSR count). The highest BCUT2D eigenvalue weighted by molar-refractivity contribution is 6.30. The van der Waals surface area contributed by atoms with Crippen molar-refractivity contribution >= 4 is 17.5 Å². The second-order valence-electron chi connectivity index (χ2n) is 4.85. The Morgan fingerprint density at radius 1 is 1.39 bits per heavy atom. The van der Waals surface area contributed by atoms with E-state index in [1.165, 1.54) is 0 Å². The van der Waals surface area contributed by atoms with E-state index in [2.05, 4.69) is 5.32 Å². The standard InChI is InChI=1S/C14H20ClNO2/c1-5-10(2)16-13(17)14(3,4)18-12-8-6-11(15)7-9-12/h6-10H,5H2,1-4H3,(H,16,17)/t10-/m0/s1. The molecule has 0 aromatic heterocycles. The summed E-state index contributed by atoms with van der Waals surface area (Å²) in [5.74, 6) is 0.510. The zero-order valence-electron chi connectivity index (χ0n) is 11.3. The number of amides is 1. The van der Waals surface area contributed by atoms with Crippen molar-refractivity contribution < 1.29 is 9.53 Å². The van der Waals surface area contributed by atoms with Crippen LogP contribution in [0.1, 0.15) is 34.1 Å². The monoisotopic (exact) mass is 269 g/mol. The van der Waals surface area contributed by atoms with Gasteiger partial charge >= 0.3 is 0 Å². The van der Waals surface area contributed by atoms with Crippen LogP contribution in [-0.2, 0) is 4.79 Å². The van der Waals surface area contributed by atoms with Crippen molar-refractivity contribution in [3.05, 3.63) is 29.3 Å². The molecule has 4 heteroatoms. The number of carbonyl (C=O) groups excluding carboxylic acids is 1. The molecule has 0 saturated heterocycles. The van der Waals surface area contributed by atoms with Gasteiger partial charge in [-0.15, -0.1) is 0 Å². The first kappa shape index (κ1) is 14.8. The molecule has 0 aliphatic carbocycles. The first-order valence-corrected chi connectivity index (χ1v) is 6.48. The topological polar surface area (TPSA) is 38.3 Å². The molecule has 0 aliphatic heterocycles. The van der Waals surface area contributed by atoms with Crippen molar-refractivity contribution in [1.29, 1.82) is 0 Å². The minimum absolute atomic E-state index is 0.119. The van der Waals surface area contributed by atoms with Crippen LogP contribution in [0.15, 0.2) is 24.3 Å². The Hall–Kier alpha value is -1.22. The Morgan fingerprint density at radius 2 is 1.94 bits per heavy atom. The van der Waals surface area contributed by atoms with Crippen LogP contribution in [0.5, 0.6) is 5.75 Å². The van der Waals surface area contributed by atoms with Crippen LogP contribution in [0.4, 0.5) is 0 Å². The molecular formula is C14H20ClNO2. The summed E-state index contributed by atoms with van der Waals surface area (Å²) in [7, 11) is 0. The number of ether oxygens (including phenoxy) is 1. The van der Waals surface area contributed by atoms with Crippen molar-refractivity contribution in [3.8, 4) is 5.75 Å². The third-order valence-corrected chi connectivity index (χ3v) is 2.98. The summed E-state index contributed by atoms with van der Waals surface area (Å²) in [5, 5.41) is 3.55. The average Bonchev–Trinajstić information content (AvgIpc) is 2.31. The Morgan fingerprint density at radius 3 is 2.44 bits per heavy atom. The fourth-order valence-corrected chi connectivity index (χ4v) is 1.47. The van der Waals surface area contributed by atoms with Crippen molar-refractivity contribution in [2.45, 2.75) is 45.8 Å². The summed E-state index contributed by atoms with van der Waals surface area (Å²) in [6, 6.07) is 7.12. The van der Waals surface area contributed by atoms with Gasteiger partial charge in [0.2, 0.25) is 0 Å². The number of halogens is 1. The second-order valence-corrected chi connectivity index (χ2v) is 5.29. The van der Waals surface area contributed by atoms with E-state index >= 15 is 0 Å². The number of nitrogens with one attached hydrogen (secondary N) is 1. The lowest BCUT2D eigenvalue weighted by Gasteiger charge is -2.27. The fourth-order valence-electron chi connectivity index (χ4n) is 1.34. The van der Waals surface area contributed by atoms with E-state index in [1.807, 2.05) is 13.8 Å². The third kappa shape index (κ3) is 4.22. The lowest BCUT2D eigenvalue weighted by molar-refractivity contribution is -0.134. The van der Waals surface area contributed by atoms with Crippen LogP contribution in [0, 0.1) is 0 Å². The van der Waals surface area contributed by atoms with Gasteiger partial charge in [0, 0.05) is 11.1 Å². The Bertz CT molecular complexity index is 401. The molecule has 0 radical (unpaired) electrons. The Labute approximate surface area is 113 Å². The van der Waals surface area contributed by atoms with Crippen molar-refractivity contribution in [1.82, 2.24) is 5.32 Å². The fraction of sp³-hybridized carbons (Fsp3) is 0.500. The van der Waals surface area contributed by atoms with Gasteiger partial charge < -0.3 is 10.1 Å². The van der Waals surface area contributed by atoms with Crippen LogP contribution in [0.25, 0.3) is 0 Å². The largest absolute Gasteiger partial charge is 0.478 e. The smallest absolute Gasteiger partial charge is 0.263 e. The molecule has 100 valence electrons. The van der Waals surface area contributed by atoms with E-state index < -0.39 is 5.60 Å². The van der Waals surface area contributed by atoms with Gasteiger partial charge in [0.1, 0.15) is 5.75 Å². The van der Waals surface area contributed by atoms with E-state index in [0.717, 1.165) is 6.42 Å². The summed E-state index contributed by atoms with van der Waals surface area (Å²) in [6.45, 7) is 7.49. The SMILES string of the molecule is CC[C@H](C)NC(=O)C(C)(C)Oc1ccc(Cl)cc1. The first-order valence-electron chi connectivity index (χ1n) is 6.10. The van der Waals surface area contributed by atoms with Gasteiger partial charge in [0.25, 0.3) is 5.91 Å². The van der Waals surface area contributed by atoms with Crippen LogP contribution in [0.3, 0.4) is 0 Å². The molecule has 1 N–H and O–H groups in total. The lowest BCUT2D eigenvalue weighted by atomic mass is 10.1.